The summed E-state index contributed by atoms with van der Waals surface area (Å²) in [7, 11) is 0. The van der Waals surface area contributed by atoms with Crippen molar-refractivity contribution in [2.75, 3.05) is 26.2 Å². The molecule has 3 heteroatoms. The summed E-state index contributed by atoms with van der Waals surface area (Å²) in [6.07, 6.45) is 2.63. The van der Waals surface area contributed by atoms with E-state index < -0.39 is 0 Å². The average Bonchev–Trinajstić information content (AvgIpc) is 3.12. The van der Waals surface area contributed by atoms with E-state index in [-0.39, 0.29) is 0 Å². The largest absolute Gasteiger partial charge is 0.489 e. The molecule has 0 aliphatic carbocycles. The number of nitrogens with two attached hydrogens (primary N) is 1. The minimum atomic E-state index is 0.383. The SMILES string of the molecule is NC[C@@H](CN1CCCC1)c1cccc(OCc2ccccc2)c1. The molecule has 3 rings (SSSR count). The van der Waals surface area contributed by atoms with Gasteiger partial charge >= 0.3 is 0 Å². The summed E-state index contributed by atoms with van der Waals surface area (Å²) in [5.41, 5.74) is 8.50. The lowest BCUT2D eigenvalue weighted by atomic mass is 9.98. The first-order chi connectivity index (χ1) is 11.3. The zero-order chi connectivity index (χ0) is 15.9. The first kappa shape index (κ1) is 16.0. The summed E-state index contributed by atoms with van der Waals surface area (Å²) >= 11 is 0. The Morgan fingerprint density at radius 3 is 2.52 bits per heavy atom. The molecule has 0 spiro atoms. The summed E-state index contributed by atoms with van der Waals surface area (Å²) in [4.78, 5) is 2.52. The van der Waals surface area contributed by atoms with Crippen molar-refractivity contribution < 1.29 is 4.74 Å². The number of likely N-dealkylation sites (tertiary alicyclic amines) is 1. The highest BCUT2D eigenvalue weighted by molar-refractivity contribution is 5.31. The first-order valence-electron chi connectivity index (χ1n) is 8.54. The van der Waals surface area contributed by atoms with Crippen LogP contribution in [0.2, 0.25) is 0 Å². The van der Waals surface area contributed by atoms with Crippen molar-refractivity contribution in [1.29, 1.82) is 0 Å². The summed E-state index contributed by atoms with van der Waals surface area (Å²) < 4.78 is 5.94. The Hall–Kier alpha value is -1.84. The Morgan fingerprint density at radius 2 is 1.78 bits per heavy atom. The molecule has 0 aromatic heterocycles. The van der Waals surface area contributed by atoms with Gasteiger partial charge in [-0.1, -0.05) is 42.5 Å². The van der Waals surface area contributed by atoms with Gasteiger partial charge in [-0.25, -0.2) is 0 Å². The molecular formula is C20H26N2O. The molecular weight excluding hydrogens is 284 g/mol. The smallest absolute Gasteiger partial charge is 0.120 e. The number of hydrogen-bond acceptors (Lipinski definition) is 3. The Bertz CT molecular complexity index is 594. The van der Waals surface area contributed by atoms with E-state index in [9.17, 15) is 0 Å². The second kappa shape index (κ2) is 8.14. The zero-order valence-electron chi connectivity index (χ0n) is 13.7. The maximum atomic E-state index is 6.03. The maximum absolute atomic E-state index is 6.03. The molecule has 3 nitrogen and oxygen atoms in total. The van der Waals surface area contributed by atoms with Crippen molar-refractivity contribution in [2.45, 2.75) is 25.4 Å². The summed E-state index contributed by atoms with van der Waals surface area (Å²) in [5.74, 6) is 1.31. The van der Waals surface area contributed by atoms with Gasteiger partial charge in [0, 0.05) is 19.0 Å². The molecule has 1 fully saturated rings. The number of ether oxygens (including phenoxy) is 1. The van der Waals surface area contributed by atoms with Crippen LogP contribution in [0.4, 0.5) is 0 Å². The third-order valence-corrected chi connectivity index (χ3v) is 4.54. The Morgan fingerprint density at radius 1 is 1.00 bits per heavy atom. The summed E-state index contributed by atoms with van der Waals surface area (Å²) in [6, 6.07) is 18.7. The molecule has 0 radical (unpaired) electrons. The summed E-state index contributed by atoms with van der Waals surface area (Å²) in [6.45, 7) is 4.75. The van der Waals surface area contributed by atoms with E-state index in [1.165, 1.54) is 37.1 Å². The monoisotopic (exact) mass is 310 g/mol. The molecule has 1 aliphatic heterocycles. The van der Waals surface area contributed by atoms with E-state index in [1.807, 2.05) is 24.3 Å². The Balaban J connectivity index is 1.63. The van der Waals surface area contributed by atoms with Gasteiger partial charge in [0.15, 0.2) is 0 Å². The van der Waals surface area contributed by atoms with Crippen molar-refractivity contribution in [2.24, 2.45) is 5.73 Å². The Kier molecular flexibility index (Phi) is 5.67. The number of rotatable bonds is 7. The fraction of sp³-hybridized carbons (Fsp3) is 0.400. The van der Waals surface area contributed by atoms with Crippen LogP contribution in [0.15, 0.2) is 54.6 Å². The predicted octanol–water partition coefficient (Wildman–Crippen LogP) is 3.40. The normalized spacial score (nSPS) is 16.4. The van der Waals surface area contributed by atoms with Crippen LogP contribution in [-0.4, -0.2) is 31.1 Å². The molecule has 2 N–H and O–H groups in total. The van der Waals surface area contributed by atoms with Crippen LogP contribution in [0.5, 0.6) is 5.75 Å². The lowest BCUT2D eigenvalue weighted by Gasteiger charge is -2.23. The van der Waals surface area contributed by atoms with Crippen LogP contribution in [0, 0.1) is 0 Å². The van der Waals surface area contributed by atoms with Crippen molar-refractivity contribution >= 4 is 0 Å². The molecule has 1 atom stereocenters. The van der Waals surface area contributed by atoms with Crippen LogP contribution < -0.4 is 10.5 Å². The van der Waals surface area contributed by atoms with E-state index in [4.69, 9.17) is 10.5 Å². The van der Waals surface area contributed by atoms with Crippen LogP contribution in [-0.2, 0) is 6.61 Å². The quantitative estimate of drug-likeness (QED) is 0.852. The van der Waals surface area contributed by atoms with E-state index in [0.29, 0.717) is 19.1 Å². The minimum Gasteiger partial charge on any atom is -0.489 e. The van der Waals surface area contributed by atoms with E-state index in [2.05, 4.69) is 35.2 Å². The Labute approximate surface area is 139 Å². The van der Waals surface area contributed by atoms with Crippen LogP contribution in [0.1, 0.15) is 29.9 Å². The third kappa shape index (κ3) is 4.57. The van der Waals surface area contributed by atoms with Crippen molar-refractivity contribution in [3.8, 4) is 5.75 Å². The van der Waals surface area contributed by atoms with Gasteiger partial charge in [0.1, 0.15) is 12.4 Å². The van der Waals surface area contributed by atoms with Gasteiger partial charge in [0.25, 0.3) is 0 Å². The second-order valence-corrected chi connectivity index (χ2v) is 6.29. The highest BCUT2D eigenvalue weighted by Crippen LogP contribution is 2.23. The van der Waals surface area contributed by atoms with Crippen molar-refractivity contribution in [1.82, 2.24) is 4.90 Å². The lowest BCUT2D eigenvalue weighted by Crippen LogP contribution is -2.29. The molecule has 23 heavy (non-hydrogen) atoms. The fourth-order valence-electron chi connectivity index (χ4n) is 3.19. The highest BCUT2D eigenvalue weighted by atomic mass is 16.5. The molecule has 0 unspecified atom stereocenters. The van der Waals surface area contributed by atoms with E-state index >= 15 is 0 Å². The van der Waals surface area contributed by atoms with Gasteiger partial charge in [-0.15, -0.1) is 0 Å². The fourth-order valence-corrected chi connectivity index (χ4v) is 3.19. The van der Waals surface area contributed by atoms with Gasteiger partial charge in [-0.3, -0.25) is 0 Å². The van der Waals surface area contributed by atoms with Crippen molar-refractivity contribution in [3.05, 3.63) is 65.7 Å². The molecule has 2 aromatic carbocycles. The third-order valence-electron chi connectivity index (χ3n) is 4.54. The molecule has 0 amide bonds. The lowest BCUT2D eigenvalue weighted by molar-refractivity contribution is 0.302. The van der Waals surface area contributed by atoms with Gasteiger partial charge in [0.2, 0.25) is 0 Å². The minimum absolute atomic E-state index is 0.383. The number of benzene rings is 2. The van der Waals surface area contributed by atoms with Gasteiger partial charge < -0.3 is 15.4 Å². The standard InChI is InChI=1S/C20H26N2O/c21-14-19(15-22-11-4-5-12-22)18-9-6-10-20(13-18)23-16-17-7-2-1-3-8-17/h1-3,6-10,13,19H,4-5,11-12,14-16,21H2/t19-/m0/s1. The van der Waals surface area contributed by atoms with Crippen LogP contribution in [0.3, 0.4) is 0 Å². The molecule has 2 aromatic rings. The van der Waals surface area contributed by atoms with Crippen LogP contribution >= 0.6 is 0 Å². The molecule has 1 aliphatic rings. The highest BCUT2D eigenvalue weighted by Gasteiger charge is 2.18. The predicted molar refractivity (Wildman–Crippen MR) is 94.7 cm³/mol. The maximum Gasteiger partial charge on any atom is 0.120 e. The summed E-state index contributed by atoms with van der Waals surface area (Å²) in [5, 5.41) is 0. The van der Waals surface area contributed by atoms with Crippen molar-refractivity contribution in [3.63, 3.8) is 0 Å². The first-order valence-corrected chi connectivity index (χ1v) is 8.54. The van der Waals surface area contributed by atoms with Gasteiger partial charge in [0.05, 0.1) is 0 Å². The van der Waals surface area contributed by atoms with E-state index in [0.717, 1.165) is 12.3 Å². The molecule has 1 heterocycles. The molecule has 0 saturated carbocycles. The number of nitrogens with zero attached hydrogens (tertiary/aromatic N) is 1. The topological polar surface area (TPSA) is 38.5 Å². The van der Waals surface area contributed by atoms with Gasteiger partial charge in [-0.2, -0.15) is 0 Å². The van der Waals surface area contributed by atoms with E-state index in [1.54, 1.807) is 0 Å². The molecule has 122 valence electrons. The van der Waals surface area contributed by atoms with Crippen LogP contribution in [0.25, 0.3) is 0 Å². The zero-order valence-corrected chi connectivity index (χ0v) is 13.7. The van der Waals surface area contributed by atoms with Gasteiger partial charge in [-0.05, 0) is 49.2 Å². The average molecular weight is 310 g/mol. The molecule has 0 bridgehead atoms. The number of hydrogen-bond donors (Lipinski definition) is 1. The second-order valence-electron chi connectivity index (χ2n) is 6.29. The molecule has 1 saturated heterocycles.